The van der Waals surface area contributed by atoms with Gasteiger partial charge in [-0.05, 0) is 36.2 Å². The molecule has 9 nitrogen and oxygen atoms in total. The third-order valence-corrected chi connectivity index (χ3v) is 10.3. The lowest BCUT2D eigenvalue weighted by atomic mass is 9.96. The first-order valence-corrected chi connectivity index (χ1v) is 15.8. The number of benzene rings is 3. The molecule has 1 aliphatic rings. The van der Waals surface area contributed by atoms with Crippen molar-refractivity contribution in [3.63, 3.8) is 0 Å². The fraction of sp³-hybridized carbons (Fsp3) is 0.364. The minimum atomic E-state index is -3.92. The number of sulfonamides is 1. The molecule has 0 spiro atoms. The lowest BCUT2D eigenvalue weighted by Crippen LogP contribution is -2.48. The zero-order chi connectivity index (χ0) is 30.9. The minimum absolute atomic E-state index is 0.0507. The van der Waals surface area contributed by atoms with Gasteiger partial charge in [0.2, 0.25) is 10.0 Å². The van der Waals surface area contributed by atoms with Crippen LogP contribution in [0.1, 0.15) is 29.9 Å². The molecule has 10 heteroatoms. The average molecular weight is 606 g/mol. The van der Waals surface area contributed by atoms with Crippen molar-refractivity contribution in [1.82, 2.24) is 13.8 Å². The zero-order valence-corrected chi connectivity index (χ0v) is 26.0. The Morgan fingerprint density at radius 3 is 2.49 bits per heavy atom. The van der Waals surface area contributed by atoms with E-state index in [9.17, 15) is 18.3 Å². The third kappa shape index (κ3) is 5.68. The van der Waals surface area contributed by atoms with Crippen molar-refractivity contribution < 1.29 is 27.8 Å². The minimum Gasteiger partial charge on any atom is -0.495 e. The average Bonchev–Trinajstić information content (AvgIpc) is 3.31. The number of hydrogen-bond donors (Lipinski definition) is 1. The third-order valence-electron chi connectivity index (χ3n) is 8.42. The molecule has 1 aromatic heterocycles. The first kappa shape index (κ1) is 30.7. The maximum Gasteiger partial charge on any atom is 0.271 e. The summed E-state index contributed by atoms with van der Waals surface area (Å²) in [5.41, 5.74) is 4.06. The van der Waals surface area contributed by atoms with Crippen molar-refractivity contribution in [2.24, 2.45) is 13.0 Å². The Bertz CT molecular complexity index is 1730. The molecular formula is C33H39N3O6S. The number of aliphatic hydroxyl groups excluding tert-OH is 1. The summed E-state index contributed by atoms with van der Waals surface area (Å²) >= 11 is 0. The van der Waals surface area contributed by atoms with E-state index < -0.39 is 22.2 Å². The molecule has 4 aromatic rings. The number of para-hydroxylation sites is 2. The van der Waals surface area contributed by atoms with Gasteiger partial charge in [-0.25, -0.2) is 8.42 Å². The number of carbonyl (C=O) groups is 1. The van der Waals surface area contributed by atoms with Gasteiger partial charge in [0, 0.05) is 49.6 Å². The number of rotatable bonds is 7. The molecule has 3 aromatic carbocycles. The van der Waals surface area contributed by atoms with Crippen LogP contribution < -0.4 is 4.74 Å². The standard InChI is InChI=1S/C33H39N3O6S/c1-22-18-36(23(2)20-37)33(38)32-31(26-14-8-9-15-27(26)35(32)4)25-13-7-6-12-24(25)21-42-29(22)19-34(3)43(39,40)30-17-11-10-16-28(30)41-5/h6-17,22-23,29,37H,18-21H2,1-5H3/t22-,23+,29+/m1/s1. The van der Waals surface area contributed by atoms with Crippen LogP contribution in [0.5, 0.6) is 5.75 Å². The van der Waals surface area contributed by atoms with E-state index in [1.165, 1.54) is 24.5 Å². The van der Waals surface area contributed by atoms with E-state index in [0.717, 1.165) is 27.6 Å². The van der Waals surface area contributed by atoms with Gasteiger partial charge in [-0.15, -0.1) is 0 Å². The number of aryl methyl sites for hydroxylation is 1. The van der Waals surface area contributed by atoms with Gasteiger partial charge in [-0.2, -0.15) is 4.31 Å². The van der Waals surface area contributed by atoms with E-state index in [0.29, 0.717) is 5.69 Å². The Morgan fingerprint density at radius 1 is 1.07 bits per heavy atom. The molecule has 2 heterocycles. The molecule has 0 aliphatic carbocycles. The van der Waals surface area contributed by atoms with E-state index in [1.807, 2.05) is 74.0 Å². The van der Waals surface area contributed by atoms with E-state index in [4.69, 9.17) is 9.47 Å². The van der Waals surface area contributed by atoms with Crippen LogP contribution in [0.2, 0.25) is 0 Å². The molecular weight excluding hydrogens is 566 g/mol. The summed E-state index contributed by atoms with van der Waals surface area (Å²) in [6, 6.07) is 21.8. The van der Waals surface area contributed by atoms with Crippen molar-refractivity contribution in [2.45, 2.75) is 37.5 Å². The molecule has 3 atom stereocenters. The number of aliphatic hydroxyl groups is 1. The Labute approximate surface area is 253 Å². The lowest BCUT2D eigenvalue weighted by molar-refractivity contribution is -0.0147. The Balaban J connectivity index is 1.60. The Kier molecular flexibility index (Phi) is 8.94. The van der Waals surface area contributed by atoms with E-state index in [1.54, 1.807) is 23.1 Å². The van der Waals surface area contributed by atoms with Gasteiger partial charge >= 0.3 is 0 Å². The monoisotopic (exact) mass is 605 g/mol. The fourth-order valence-corrected chi connectivity index (χ4v) is 7.21. The highest BCUT2D eigenvalue weighted by molar-refractivity contribution is 7.89. The predicted octanol–water partition coefficient (Wildman–Crippen LogP) is 4.53. The smallest absolute Gasteiger partial charge is 0.271 e. The van der Waals surface area contributed by atoms with E-state index >= 15 is 0 Å². The van der Waals surface area contributed by atoms with Crippen LogP contribution in [0.4, 0.5) is 0 Å². The maximum absolute atomic E-state index is 14.5. The number of hydrogen-bond acceptors (Lipinski definition) is 6. The molecule has 0 saturated carbocycles. The molecule has 0 saturated heterocycles. The van der Waals surface area contributed by atoms with Crippen LogP contribution in [-0.4, -0.2) is 79.2 Å². The number of carbonyl (C=O) groups excluding carboxylic acids is 1. The normalized spacial score (nSPS) is 18.7. The summed E-state index contributed by atoms with van der Waals surface area (Å²) in [5, 5.41) is 11.2. The van der Waals surface area contributed by atoms with E-state index in [2.05, 4.69) is 0 Å². The van der Waals surface area contributed by atoms with Crippen molar-refractivity contribution in [1.29, 1.82) is 0 Å². The predicted molar refractivity (Wildman–Crippen MR) is 166 cm³/mol. The van der Waals surface area contributed by atoms with Crippen LogP contribution >= 0.6 is 0 Å². The van der Waals surface area contributed by atoms with Crippen LogP contribution in [0.15, 0.2) is 77.7 Å². The van der Waals surface area contributed by atoms with Crippen molar-refractivity contribution in [2.75, 3.05) is 33.9 Å². The first-order chi connectivity index (χ1) is 20.6. The number of amides is 1. The molecule has 5 rings (SSSR count). The fourth-order valence-electron chi connectivity index (χ4n) is 5.88. The number of fused-ring (bicyclic) bond motifs is 5. The van der Waals surface area contributed by atoms with Crippen molar-refractivity contribution in [3.05, 3.63) is 84.1 Å². The highest BCUT2D eigenvalue weighted by atomic mass is 32.2. The van der Waals surface area contributed by atoms with Crippen LogP contribution in [0, 0.1) is 5.92 Å². The van der Waals surface area contributed by atoms with Crippen LogP contribution in [0.25, 0.3) is 22.0 Å². The second-order valence-corrected chi connectivity index (χ2v) is 13.2. The highest BCUT2D eigenvalue weighted by Gasteiger charge is 2.35. The number of methoxy groups -OCH3 is 1. The summed E-state index contributed by atoms with van der Waals surface area (Å²) in [5.74, 6) is -0.220. The molecule has 1 amide bonds. The molecule has 1 N–H and O–H groups in total. The topological polar surface area (TPSA) is 101 Å². The van der Waals surface area contributed by atoms with Gasteiger partial charge in [-0.3, -0.25) is 4.79 Å². The van der Waals surface area contributed by atoms with Crippen LogP contribution in [-0.2, 0) is 28.4 Å². The molecule has 0 unspecified atom stereocenters. The Hall–Kier alpha value is -3.70. The van der Waals surface area contributed by atoms with Gasteiger partial charge in [0.15, 0.2) is 0 Å². The number of aromatic nitrogens is 1. The summed E-state index contributed by atoms with van der Waals surface area (Å²) < 4.78 is 42.4. The second-order valence-electron chi connectivity index (χ2n) is 11.2. The molecule has 228 valence electrons. The summed E-state index contributed by atoms with van der Waals surface area (Å²) in [7, 11) is 0.944. The van der Waals surface area contributed by atoms with Gasteiger partial charge in [0.1, 0.15) is 16.3 Å². The number of likely N-dealkylation sites (N-methyl/N-ethyl adjacent to an activating group) is 1. The second kappa shape index (κ2) is 12.5. The largest absolute Gasteiger partial charge is 0.495 e. The summed E-state index contributed by atoms with van der Waals surface area (Å²) in [6.07, 6.45) is -0.568. The molecule has 0 bridgehead atoms. The zero-order valence-electron chi connectivity index (χ0n) is 25.2. The quantitative estimate of drug-likeness (QED) is 0.332. The highest BCUT2D eigenvalue weighted by Crippen LogP contribution is 2.38. The van der Waals surface area contributed by atoms with Crippen molar-refractivity contribution in [3.8, 4) is 16.9 Å². The van der Waals surface area contributed by atoms with Gasteiger partial charge < -0.3 is 24.0 Å². The summed E-state index contributed by atoms with van der Waals surface area (Å²) in [6.45, 7) is 4.07. The molecule has 0 fully saturated rings. The molecule has 43 heavy (non-hydrogen) atoms. The van der Waals surface area contributed by atoms with Gasteiger partial charge in [0.25, 0.3) is 5.91 Å². The molecule has 0 radical (unpaired) electrons. The summed E-state index contributed by atoms with van der Waals surface area (Å²) in [4.78, 5) is 16.2. The molecule has 1 aliphatic heterocycles. The van der Waals surface area contributed by atoms with Crippen molar-refractivity contribution >= 4 is 26.8 Å². The lowest BCUT2D eigenvalue weighted by Gasteiger charge is -2.35. The number of ether oxygens (including phenoxy) is 2. The first-order valence-electron chi connectivity index (χ1n) is 14.4. The van der Waals surface area contributed by atoms with Gasteiger partial charge in [-0.1, -0.05) is 61.5 Å². The number of nitrogens with zero attached hydrogens (tertiary/aromatic N) is 3. The maximum atomic E-state index is 14.5. The van der Waals surface area contributed by atoms with E-state index in [-0.39, 0.29) is 48.8 Å². The van der Waals surface area contributed by atoms with Gasteiger partial charge in [0.05, 0.1) is 32.5 Å². The SMILES string of the molecule is COc1ccccc1S(=O)(=O)N(C)C[C@@H]1OCc2ccccc2-c2c(n(C)c3ccccc23)C(=O)N([C@@H](C)CO)C[C@H]1C. The van der Waals surface area contributed by atoms with Crippen LogP contribution in [0.3, 0.4) is 0 Å². The Morgan fingerprint density at radius 2 is 1.74 bits per heavy atom.